The number of carbonyl (C=O) groups excluding carboxylic acids is 1. The lowest BCUT2D eigenvalue weighted by Gasteiger charge is -2.22. The molecule has 0 heterocycles. The van der Waals surface area contributed by atoms with E-state index in [0.717, 1.165) is 6.42 Å². The van der Waals surface area contributed by atoms with Gasteiger partial charge in [0.25, 0.3) is 0 Å². The fourth-order valence-electron chi connectivity index (χ4n) is 2.12. The van der Waals surface area contributed by atoms with Gasteiger partial charge in [-0.3, -0.25) is 4.79 Å². The quantitative estimate of drug-likeness (QED) is 0.836. The molecule has 0 aliphatic heterocycles. The smallest absolute Gasteiger partial charge is 0.152 e. The Morgan fingerprint density at radius 2 is 1.89 bits per heavy atom. The third-order valence-corrected chi connectivity index (χ3v) is 2.97. The summed E-state index contributed by atoms with van der Waals surface area (Å²) in [6, 6.07) is 8.63. The summed E-state index contributed by atoms with van der Waals surface area (Å²) >= 11 is 0. The topological polar surface area (TPSA) is 29.1 Å². The maximum atomic E-state index is 12.2. The summed E-state index contributed by atoms with van der Waals surface area (Å²) in [6.45, 7) is 10.2. The van der Waals surface area contributed by atoms with E-state index in [9.17, 15) is 4.79 Å². The van der Waals surface area contributed by atoms with Gasteiger partial charge in [-0.15, -0.1) is 0 Å². The average molecular weight is 247 g/mol. The fourth-order valence-corrected chi connectivity index (χ4v) is 2.12. The van der Waals surface area contributed by atoms with E-state index in [-0.39, 0.29) is 12.0 Å². The molecule has 0 aliphatic carbocycles. The van der Waals surface area contributed by atoms with Crippen LogP contribution in [-0.4, -0.2) is 17.9 Å². The molecule has 0 bridgehead atoms. The monoisotopic (exact) mass is 247 g/mol. The molecule has 1 atom stereocenters. The predicted octanol–water partition coefficient (Wildman–Crippen LogP) is 3.13. The third kappa shape index (κ3) is 4.61. The average Bonchev–Trinajstić information content (AvgIpc) is 2.26. The molecule has 0 saturated carbocycles. The van der Waals surface area contributed by atoms with Crippen molar-refractivity contribution in [2.45, 2.75) is 53.1 Å². The van der Waals surface area contributed by atoms with Crippen molar-refractivity contribution in [1.29, 1.82) is 0 Å². The molecular formula is C16H25NO. The number of carbonyl (C=O) groups is 1. The van der Waals surface area contributed by atoms with Crippen LogP contribution in [0.5, 0.6) is 0 Å². The van der Waals surface area contributed by atoms with Crippen molar-refractivity contribution in [3.8, 4) is 0 Å². The van der Waals surface area contributed by atoms with Gasteiger partial charge in [0, 0.05) is 12.0 Å². The molecule has 1 aromatic rings. The number of hydrogen-bond acceptors (Lipinski definition) is 2. The van der Waals surface area contributed by atoms with Gasteiger partial charge in [-0.1, -0.05) is 57.5 Å². The Bertz CT molecular complexity index is 396. The Morgan fingerprint density at radius 1 is 1.22 bits per heavy atom. The van der Waals surface area contributed by atoms with Crippen molar-refractivity contribution in [1.82, 2.24) is 5.32 Å². The molecule has 0 spiro atoms. The van der Waals surface area contributed by atoms with Crippen LogP contribution in [0.4, 0.5) is 0 Å². The molecule has 2 heteroatoms. The van der Waals surface area contributed by atoms with Gasteiger partial charge in [0.05, 0.1) is 6.04 Å². The van der Waals surface area contributed by atoms with Crippen molar-refractivity contribution in [2.24, 2.45) is 5.92 Å². The van der Waals surface area contributed by atoms with Crippen molar-refractivity contribution < 1.29 is 4.79 Å². The summed E-state index contributed by atoms with van der Waals surface area (Å²) < 4.78 is 0. The zero-order chi connectivity index (χ0) is 13.7. The van der Waals surface area contributed by atoms with Gasteiger partial charge in [0.2, 0.25) is 0 Å². The molecule has 0 aliphatic rings. The Labute approximate surface area is 111 Å². The van der Waals surface area contributed by atoms with Crippen LogP contribution in [0.2, 0.25) is 0 Å². The Kier molecular flexibility index (Phi) is 5.54. The highest BCUT2D eigenvalue weighted by atomic mass is 16.1. The summed E-state index contributed by atoms with van der Waals surface area (Å²) in [7, 11) is 0. The van der Waals surface area contributed by atoms with Crippen LogP contribution < -0.4 is 5.32 Å². The van der Waals surface area contributed by atoms with Gasteiger partial charge in [0.15, 0.2) is 5.78 Å². The molecule has 0 aromatic heterocycles. The van der Waals surface area contributed by atoms with Gasteiger partial charge < -0.3 is 5.32 Å². The highest BCUT2D eigenvalue weighted by Gasteiger charge is 2.21. The van der Waals surface area contributed by atoms with Crippen molar-refractivity contribution in [3.63, 3.8) is 0 Å². The minimum atomic E-state index is -0.0770. The molecule has 100 valence electrons. The fraction of sp³-hybridized carbons (Fsp3) is 0.562. The SMILES string of the molecule is Cc1cccc(C[C@H](NC(C)C)C(=O)C(C)C)c1. The van der Waals surface area contributed by atoms with Crippen LogP contribution in [0, 0.1) is 12.8 Å². The number of benzene rings is 1. The molecule has 1 N–H and O–H groups in total. The third-order valence-electron chi connectivity index (χ3n) is 2.97. The molecule has 0 fully saturated rings. The largest absolute Gasteiger partial charge is 0.305 e. The van der Waals surface area contributed by atoms with Crippen LogP contribution in [0.1, 0.15) is 38.8 Å². The Balaban J connectivity index is 2.81. The number of hydrogen-bond donors (Lipinski definition) is 1. The molecular weight excluding hydrogens is 222 g/mol. The maximum Gasteiger partial charge on any atom is 0.152 e. The van der Waals surface area contributed by atoms with Crippen molar-refractivity contribution in [3.05, 3.63) is 35.4 Å². The first kappa shape index (κ1) is 14.9. The summed E-state index contributed by atoms with van der Waals surface area (Å²) in [4.78, 5) is 12.2. The molecule has 0 unspecified atom stereocenters. The molecule has 0 saturated heterocycles. The van der Waals surface area contributed by atoms with Crippen molar-refractivity contribution in [2.75, 3.05) is 0 Å². The molecule has 2 nitrogen and oxygen atoms in total. The first-order valence-electron chi connectivity index (χ1n) is 6.75. The lowest BCUT2D eigenvalue weighted by Crippen LogP contribution is -2.44. The van der Waals surface area contributed by atoms with E-state index in [0.29, 0.717) is 11.8 Å². The summed E-state index contributed by atoms with van der Waals surface area (Å²) in [5.41, 5.74) is 2.47. The van der Waals surface area contributed by atoms with E-state index in [4.69, 9.17) is 0 Å². The molecule has 1 rings (SSSR count). The van der Waals surface area contributed by atoms with Gasteiger partial charge >= 0.3 is 0 Å². The summed E-state index contributed by atoms with van der Waals surface area (Å²) in [6.07, 6.45) is 0.775. The summed E-state index contributed by atoms with van der Waals surface area (Å²) in [5.74, 6) is 0.372. The highest BCUT2D eigenvalue weighted by molar-refractivity contribution is 5.86. The van der Waals surface area contributed by atoms with E-state index in [1.54, 1.807) is 0 Å². The van der Waals surface area contributed by atoms with E-state index < -0.39 is 0 Å². The van der Waals surface area contributed by atoms with Gasteiger partial charge in [0.1, 0.15) is 0 Å². The molecule has 0 radical (unpaired) electrons. The number of ketones is 1. The lowest BCUT2D eigenvalue weighted by atomic mass is 9.94. The highest BCUT2D eigenvalue weighted by Crippen LogP contribution is 2.11. The second kappa shape index (κ2) is 6.69. The minimum absolute atomic E-state index is 0.0751. The van der Waals surface area contributed by atoms with E-state index in [1.165, 1.54) is 11.1 Å². The number of rotatable bonds is 6. The number of aryl methyl sites for hydroxylation is 1. The number of nitrogens with one attached hydrogen (secondary N) is 1. The standard InChI is InChI=1S/C16H25NO/c1-11(2)16(18)15(17-12(3)4)10-14-8-6-7-13(5)9-14/h6-9,11-12,15,17H,10H2,1-5H3/t15-/m0/s1. The molecule has 18 heavy (non-hydrogen) atoms. The van der Waals surface area contributed by atoms with E-state index >= 15 is 0 Å². The van der Waals surface area contributed by atoms with Crippen LogP contribution in [0.25, 0.3) is 0 Å². The zero-order valence-electron chi connectivity index (χ0n) is 12.2. The van der Waals surface area contributed by atoms with Gasteiger partial charge in [-0.25, -0.2) is 0 Å². The zero-order valence-corrected chi connectivity index (χ0v) is 12.2. The summed E-state index contributed by atoms with van der Waals surface area (Å²) in [5, 5.41) is 3.38. The van der Waals surface area contributed by atoms with Crippen molar-refractivity contribution >= 4 is 5.78 Å². The first-order valence-corrected chi connectivity index (χ1v) is 6.75. The Morgan fingerprint density at radius 3 is 2.39 bits per heavy atom. The number of Topliss-reactive ketones (excluding diaryl/α,β-unsaturated/α-hetero) is 1. The predicted molar refractivity (Wildman–Crippen MR) is 76.8 cm³/mol. The second-order valence-electron chi connectivity index (χ2n) is 5.62. The maximum absolute atomic E-state index is 12.2. The van der Waals surface area contributed by atoms with Gasteiger partial charge in [-0.2, -0.15) is 0 Å². The second-order valence-corrected chi connectivity index (χ2v) is 5.62. The van der Waals surface area contributed by atoms with Crippen LogP contribution in [0.3, 0.4) is 0 Å². The Hall–Kier alpha value is -1.15. The van der Waals surface area contributed by atoms with Crippen LogP contribution >= 0.6 is 0 Å². The van der Waals surface area contributed by atoms with Crippen LogP contribution in [0.15, 0.2) is 24.3 Å². The minimum Gasteiger partial charge on any atom is -0.305 e. The molecule has 1 aromatic carbocycles. The normalized spacial score (nSPS) is 13.1. The molecule has 0 amide bonds. The lowest BCUT2D eigenvalue weighted by molar-refractivity contribution is -0.124. The van der Waals surface area contributed by atoms with Gasteiger partial charge in [-0.05, 0) is 18.9 Å². The van der Waals surface area contributed by atoms with E-state index in [1.807, 2.05) is 13.8 Å². The van der Waals surface area contributed by atoms with E-state index in [2.05, 4.69) is 50.4 Å². The first-order chi connectivity index (χ1) is 8.40. The van der Waals surface area contributed by atoms with Crippen LogP contribution in [-0.2, 0) is 11.2 Å².